The summed E-state index contributed by atoms with van der Waals surface area (Å²) in [7, 11) is 0. The van der Waals surface area contributed by atoms with Gasteiger partial charge < -0.3 is 15.1 Å². The number of hydrogen-bond acceptors (Lipinski definition) is 3. The Balaban J connectivity index is 1.86. The molecule has 1 fully saturated rings. The SMILES string of the molecule is OCCCN(CCC(O)c1ccccc1F)C1CCC1. The molecule has 0 radical (unpaired) electrons. The molecule has 2 N–H and O–H groups in total. The minimum absolute atomic E-state index is 0.194. The number of aliphatic hydroxyl groups is 2. The maximum atomic E-state index is 13.6. The van der Waals surface area contributed by atoms with Crippen molar-refractivity contribution in [2.75, 3.05) is 19.7 Å². The summed E-state index contributed by atoms with van der Waals surface area (Å²) in [6.45, 7) is 1.80. The molecule has 1 atom stereocenters. The zero-order chi connectivity index (χ0) is 14.4. The molecule has 1 aromatic carbocycles. The summed E-state index contributed by atoms with van der Waals surface area (Å²) in [6, 6.07) is 6.98. The highest BCUT2D eigenvalue weighted by atomic mass is 19.1. The van der Waals surface area contributed by atoms with Gasteiger partial charge in [-0.25, -0.2) is 4.39 Å². The van der Waals surface area contributed by atoms with E-state index < -0.39 is 6.10 Å². The van der Waals surface area contributed by atoms with Crippen LogP contribution < -0.4 is 0 Å². The average molecular weight is 281 g/mol. The molecule has 0 saturated heterocycles. The van der Waals surface area contributed by atoms with E-state index in [0.717, 1.165) is 19.5 Å². The molecule has 0 aromatic heterocycles. The van der Waals surface area contributed by atoms with Crippen LogP contribution in [0, 0.1) is 5.82 Å². The van der Waals surface area contributed by atoms with Crippen molar-refractivity contribution in [2.45, 2.75) is 44.2 Å². The van der Waals surface area contributed by atoms with Crippen LogP contribution in [0.15, 0.2) is 24.3 Å². The van der Waals surface area contributed by atoms with Gasteiger partial charge in [0.05, 0.1) is 6.10 Å². The first kappa shape index (κ1) is 15.4. The number of nitrogens with zero attached hydrogens (tertiary/aromatic N) is 1. The van der Waals surface area contributed by atoms with Crippen LogP contribution in [0.4, 0.5) is 4.39 Å². The van der Waals surface area contributed by atoms with Crippen molar-refractivity contribution in [3.05, 3.63) is 35.6 Å². The number of rotatable bonds is 8. The molecule has 3 nitrogen and oxygen atoms in total. The maximum Gasteiger partial charge on any atom is 0.128 e. The molecule has 0 spiro atoms. The zero-order valence-corrected chi connectivity index (χ0v) is 11.8. The second kappa shape index (κ2) is 7.72. The third-order valence-corrected chi connectivity index (χ3v) is 4.15. The van der Waals surface area contributed by atoms with Crippen molar-refractivity contribution in [2.24, 2.45) is 0 Å². The summed E-state index contributed by atoms with van der Waals surface area (Å²) >= 11 is 0. The van der Waals surface area contributed by atoms with Gasteiger partial charge in [-0.15, -0.1) is 0 Å². The first-order valence-corrected chi connectivity index (χ1v) is 7.49. The summed E-state index contributed by atoms with van der Waals surface area (Å²) in [5.74, 6) is -0.342. The monoisotopic (exact) mass is 281 g/mol. The van der Waals surface area contributed by atoms with E-state index in [9.17, 15) is 9.50 Å². The van der Waals surface area contributed by atoms with Crippen LogP contribution >= 0.6 is 0 Å². The predicted octanol–water partition coefficient (Wildman–Crippen LogP) is 2.49. The second-order valence-electron chi connectivity index (χ2n) is 5.52. The van der Waals surface area contributed by atoms with Crippen LogP contribution in [0.2, 0.25) is 0 Å². The second-order valence-corrected chi connectivity index (χ2v) is 5.52. The molecule has 4 heteroatoms. The fraction of sp³-hybridized carbons (Fsp3) is 0.625. The summed E-state index contributed by atoms with van der Waals surface area (Å²) in [4.78, 5) is 2.32. The van der Waals surface area contributed by atoms with E-state index in [-0.39, 0.29) is 12.4 Å². The summed E-state index contributed by atoms with van der Waals surface area (Å²) in [5.41, 5.74) is 0.378. The Bertz CT molecular complexity index is 409. The van der Waals surface area contributed by atoms with Gasteiger partial charge in [-0.05, 0) is 31.7 Å². The van der Waals surface area contributed by atoms with Crippen molar-refractivity contribution >= 4 is 0 Å². The van der Waals surface area contributed by atoms with Gasteiger partial charge in [-0.1, -0.05) is 24.6 Å². The molecule has 0 bridgehead atoms. The third kappa shape index (κ3) is 4.01. The number of hydrogen-bond donors (Lipinski definition) is 2. The molecular formula is C16H24FNO2. The van der Waals surface area contributed by atoms with E-state index in [1.165, 1.54) is 25.3 Å². The fourth-order valence-corrected chi connectivity index (χ4v) is 2.69. The van der Waals surface area contributed by atoms with Crippen molar-refractivity contribution < 1.29 is 14.6 Å². The standard InChI is InChI=1S/C16H24FNO2/c17-15-8-2-1-7-14(15)16(20)9-11-18(10-4-12-19)13-5-3-6-13/h1-2,7-8,13,16,19-20H,3-6,9-12H2. The van der Waals surface area contributed by atoms with E-state index >= 15 is 0 Å². The molecule has 0 aliphatic heterocycles. The Kier molecular flexibility index (Phi) is 5.95. The lowest BCUT2D eigenvalue weighted by atomic mass is 9.91. The van der Waals surface area contributed by atoms with Gasteiger partial charge in [-0.2, -0.15) is 0 Å². The molecule has 0 heterocycles. The number of aliphatic hydroxyl groups excluding tert-OH is 2. The Morgan fingerprint density at radius 1 is 1.25 bits per heavy atom. The topological polar surface area (TPSA) is 43.7 Å². The summed E-state index contributed by atoms with van der Waals surface area (Å²) in [5, 5.41) is 19.1. The highest BCUT2D eigenvalue weighted by molar-refractivity contribution is 5.19. The van der Waals surface area contributed by atoms with Gasteiger partial charge in [-0.3, -0.25) is 0 Å². The lowest BCUT2D eigenvalue weighted by Gasteiger charge is -2.38. The molecule has 20 heavy (non-hydrogen) atoms. The fourth-order valence-electron chi connectivity index (χ4n) is 2.69. The van der Waals surface area contributed by atoms with Crippen LogP contribution in [0.1, 0.15) is 43.8 Å². The van der Waals surface area contributed by atoms with Crippen LogP contribution in [0.25, 0.3) is 0 Å². The normalized spacial score (nSPS) is 17.2. The molecule has 2 rings (SSSR count). The summed E-state index contributed by atoms with van der Waals surface area (Å²) in [6.07, 6.45) is 4.18. The van der Waals surface area contributed by atoms with Crippen molar-refractivity contribution in [3.63, 3.8) is 0 Å². The Morgan fingerprint density at radius 2 is 2.00 bits per heavy atom. The van der Waals surface area contributed by atoms with Crippen LogP contribution in [0.5, 0.6) is 0 Å². The highest BCUT2D eigenvalue weighted by Crippen LogP contribution is 2.27. The van der Waals surface area contributed by atoms with E-state index in [1.54, 1.807) is 18.2 Å². The van der Waals surface area contributed by atoms with Crippen LogP contribution in [-0.4, -0.2) is 40.9 Å². The third-order valence-electron chi connectivity index (χ3n) is 4.15. The largest absolute Gasteiger partial charge is 0.396 e. The van der Waals surface area contributed by atoms with Crippen molar-refractivity contribution in [3.8, 4) is 0 Å². The molecule has 0 amide bonds. The molecule has 1 saturated carbocycles. The van der Waals surface area contributed by atoms with Gasteiger partial charge in [0, 0.05) is 31.3 Å². The van der Waals surface area contributed by atoms with Gasteiger partial charge in [0.25, 0.3) is 0 Å². The maximum absolute atomic E-state index is 13.6. The Hall–Kier alpha value is -0.970. The lowest BCUT2D eigenvalue weighted by molar-refractivity contribution is 0.0852. The first-order chi connectivity index (χ1) is 9.72. The molecule has 1 aromatic rings. The average Bonchev–Trinajstić information content (AvgIpc) is 2.39. The predicted molar refractivity (Wildman–Crippen MR) is 76.9 cm³/mol. The number of benzene rings is 1. The lowest BCUT2D eigenvalue weighted by Crippen LogP contribution is -2.41. The molecule has 112 valence electrons. The Labute approximate surface area is 120 Å². The van der Waals surface area contributed by atoms with Crippen LogP contribution in [0.3, 0.4) is 0 Å². The van der Waals surface area contributed by atoms with Gasteiger partial charge >= 0.3 is 0 Å². The van der Waals surface area contributed by atoms with Gasteiger partial charge in [0.15, 0.2) is 0 Å². The minimum Gasteiger partial charge on any atom is -0.396 e. The molecule has 1 aliphatic carbocycles. The molecule has 1 aliphatic rings. The summed E-state index contributed by atoms with van der Waals surface area (Å²) < 4.78 is 13.6. The zero-order valence-electron chi connectivity index (χ0n) is 11.8. The van der Waals surface area contributed by atoms with Gasteiger partial charge in [0.2, 0.25) is 0 Å². The van der Waals surface area contributed by atoms with Gasteiger partial charge in [0.1, 0.15) is 5.82 Å². The number of halogens is 1. The Morgan fingerprint density at radius 3 is 2.60 bits per heavy atom. The first-order valence-electron chi connectivity index (χ1n) is 7.49. The quantitative estimate of drug-likeness (QED) is 0.769. The minimum atomic E-state index is -0.757. The van der Waals surface area contributed by atoms with E-state index in [0.29, 0.717) is 18.0 Å². The van der Waals surface area contributed by atoms with Crippen molar-refractivity contribution in [1.82, 2.24) is 4.90 Å². The van der Waals surface area contributed by atoms with E-state index in [1.807, 2.05) is 0 Å². The molecule has 1 unspecified atom stereocenters. The van der Waals surface area contributed by atoms with Crippen LogP contribution in [-0.2, 0) is 0 Å². The highest BCUT2D eigenvalue weighted by Gasteiger charge is 2.25. The smallest absolute Gasteiger partial charge is 0.128 e. The molecular weight excluding hydrogens is 257 g/mol. The van der Waals surface area contributed by atoms with E-state index in [4.69, 9.17) is 5.11 Å². The van der Waals surface area contributed by atoms with E-state index in [2.05, 4.69) is 4.90 Å². The van der Waals surface area contributed by atoms with Crippen molar-refractivity contribution in [1.29, 1.82) is 0 Å².